The maximum atomic E-state index is 5.54. The summed E-state index contributed by atoms with van der Waals surface area (Å²) >= 11 is 0. The van der Waals surface area contributed by atoms with Gasteiger partial charge in [0.05, 0.1) is 23.9 Å². The van der Waals surface area contributed by atoms with Crippen molar-refractivity contribution in [2.45, 2.75) is 20.8 Å². The first-order valence-electron chi connectivity index (χ1n) is 9.71. The topological polar surface area (TPSA) is 56.4 Å². The third kappa shape index (κ3) is 3.61. The van der Waals surface area contributed by atoms with Crippen molar-refractivity contribution >= 4 is 23.2 Å². The lowest BCUT2D eigenvalue weighted by Crippen LogP contribution is -2.01. The maximum Gasteiger partial charge on any atom is 0.224 e. The number of aromatic nitrogens is 3. The van der Waals surface area contributed by atoms with E-state index in [-0.39, 0.29) is 0 Å². The van der Waals surface area contributed by atoms with Crippen LogP contribution in [0.3, 0.4) is 0 Å². The molecule has 0 radical (unpaired) electrons. The molecule has 6 heteroatoms. The van der Waals surface area contributed by atoms with E-state index in [1.165, 1.54) is 0 Å². The largest absolute Gasteiger partial charge is 0.494 e. The molecule has 29 heavy (non-hydrogen) atoms. The molecule has 2 heterocycles. The molecule has 0 saturated carbocycles. The molecule has 0 unspecified atom stereocenters. The van der Waals surface area contributed by atoms with E-state index in [1.807, 2.05) is 61.2 Å². The van der Waals surface area contributed by atoms with Crippen molar-refractivity contribution in [3.63, 3.8) is 0 Å². The molecule has 148 valence electrons. The smallest absolute Gasteiger partial charge is 0.224 e. The lowest BCUT2D eigenvalue weighted by Gasteiger charge is -2.11. The molecule has 6 nitrogen and oxygen atoms in total. The average Bonchev–Trinajstić information content (AvgIpc) is 3.19. The average molecular weight is 387 g/mol. The Morgan fingerprint density at radius 3 is 2.59 bits per heavy atom. The first kappa shape index (κ1) is 18.8. The van der Waals surface area contributed by atoms with E-state index in [2.05, 4.69) is 52.1 Å². The Balaban J connectivity index is 1.56. The molecule has 1 N–H and O–H groups in total. The highest BCUT2D eigenvalue weighted by atomic mass is 16.5. The molecule has 0 amide bonds. The van der Waals surface area contributed by atoms with Gasteiger partial charge in [0.25, 0.3) is 0 Å². The van der Waals surface area contributed by atoms with Crippen LogP contribution in [0.1, 0.15) is 23.9 Å². The van der Waals surface area contributed by atoms with Crippen molar-refractivity contribution in [1.82, 2.24) is 14.1 Å². The number of fused-ring (bicyclic) bond motifs is 1. The normalized spacial score (nSPS) is 11.4. The van der Waals surface area contributed by atoms with Crippen molar-refractivity contribution in [3.05, 3.63) is 71.5 Å². The number of ether oxygens (including phenoxy) is 1. The Morgan fingerprint density at radius 2 is 1.86 bits per heavy atom. The number of nitrogens with zero attached hydrogens (tertiary/aromatic N) is 4. The number of hydrogen-bond acceptors (Lipinski definition) is 4. The molecule has 0 aliphatic rings. The summed E-state index contributed by atoms with van der Waals surface area (Å²) in [5, 5.41) is 4.42. The van der Waals surface area contributed by atoms with E-state index >= 15 is 0 Å². The number of anilines is 1. The first-order chi connectivity index (χ1) is 14.1. The van der Waals surface area contributed by atoms with Crippen LogP contribution in [0, 0.1) is 13.8 Å². The van der Waals surface area contributed by atoms with Crippen molar-refractivity contribution in [2.24, 2.45) is 12.1 Å². The molecular formula is C23H25N5O. The van der Waals surface area contributed by atoms with E-state index in [0.717, 1.165) is 39.4 Å². The number of hydrazone groups is 1. The van der Waals surface area contributed by atoms with Crippen LogP contribution in [0.2, 0.25) is 0 Å². The Morgan fingerprint density at radius 1 is 1.10 bits per heavy atom. The Hall–Kier alpha value is -3.54. The zero-order valence-corrected chi connectivity index (χ0v) is 17.2. The summed E-state index contributed by atoms with van der Waals surface area (Å²) in [5.74, 6) is 1.59. The van der Waals surface area contributed by atoms with Gasteiger partial charge in [0, 0.05) is 29.7 Å². The van der Waals surface area contributed by atoms with E-state index < -0.39 is 0 Å². The van der Waals surface area contributed by atoms with Crippen molar-refractivity contribution in [3.8, 4) is 11.4 Å². The molecule has 0 spiro atoms. The second-order valence-electron chi connectivity index (χ2n) is 6.94. The summed E-state index contributed by atoms with van der Waals surface area (Å²) < 4.78 is 9.75. The molecular weight excluding hydrogens is 362 g/mol. The third-order valence-corrected chi connectivity index (χ3v) is 5.03. The molecule has 0 atom stereocenters. The highest BCUT2D eigenvalue weighted by Crippen LogP contribution is 2.22. The fourth-order valence-corrected chi connectivity index (χ4v) is 3.58. The lowest BCUT2D eigenvalue weighted by molar-refractivity contribution is 0.340. The second-order valence-corrected chi connectivity index (χ2v) is 6.94. The highest BCUT2D eigenvalue weighted by molar-refractivity contribution is 5.83. The Kier molecular flexibility index (Phi) is 5.08. The number of aryl methyl sites for hydroxylation is 2. The standard InChI is InChI=1S/C23H25N5O/c1-5-29-20-12-10-19(11-13-20)28-16(2)14-18(17(28)3)15-24-26-23-25-21-8-6-7-9-22(21)27(23)4/h6-15H,5H2,1-4H3,(H,25,26)/b24-15-. The Labute approximate surface area is 170 Å². The minimum Gasteiger partial charge on any atom is -0.494 e. The van der Waals surface area contributed by atoms with Crippen LogP contribution >= 0.6 is 0 Å². The molecule has 2 aromatic carbocycles. The van der Waals surface area contributed by atoms with Crippen LogP contribution in [0.25, 0.3) is 16.7 Å². The van der Waals surface area contributed by atoms with Gasteiger partial charge >= 0.3 is 0 Å². The molecule has 0 aliphatic carbocycles. The lowest BCUT2D eigenvalue weighted by atomic mass is 10.2. The number of rotatable bonds is 6. The van der Waals surface area contributed by atoms with Gasteiger partial charge in [-0.1, -0.05) is 12.1 Å². The van der Waals surface area contributed by atoms with Crippen LogP contribution < -0.4 is 10.2 Å². The van der Waals surface area contributed by atoms with Crippen LogP contribution in [0.15, 0.2) is 59.7 Å². The van der Waals surface area contributed by atoms with Gasteiger partial charge in [0.15, 0.2) is 0 Å². The Bertz CT molecular complexity index is 1170. The van der Waals surface area contributed by atoms with Crippen LogP contribution in [-0.4, -0.2) is 26.9 Å². The molecule has 2 aromatic heterocycles. The van der Waals surface area contributed by atoms with Crippen LogP contribution in [0.5, 0.6) is 5.75 Å². The van der Waals surface area contributed by atoms with Crippen molar-refractivity contribution in [1.29, 1.82) is 0 Å². The van der Waals surface area contributed by atoms with Gasteiger partial charge in [-0.25, -0.2) is 10.4 Å². The summed E-state index contributed by atoms with van der Waals surface area (Å²) in [6.07, 6.45) is 1.84. The van der Waals surface area contributed by atoms with Crippen LogP contribution in [0.4, 0.5) is 5.95 Å². The molecule has 4 aromatic rings. The third-order valence-electron chi connectivity index (χ3n) is 5.03. The van der Waals surface area contributed by atoms with Crippen LogP contribution in [-0.2, 0) is 7.05 Å². The maximum absolute atomic E-state index is 5.54. The number of imidazole rings is 1. The van der Waals surface area contributed by atoms with Gasteiger partial charge in [-0.2, -0.15) is 5.10 Å². The fraction of sp³-hybridized carbons (Fsp3) is 0.217. The molecule has 0 saturated heterocycles. The van der Waals surface area contributed by atoms with E-state index in [0.29, 0.717) is 12.6 Å². The molecule has 4 rings (SSSR count). The minimum atomic E-state index is 0.667. The monoisotopic (exact) mass is 387 g/mol. The number of hydrogen-bond donors (Lipinski definition) is 1. The molecule has 0 aliphatic heterocycles. The fourth-order valence-electron chi connectivity index (χ4n) is 3.58. The van der Waals surface area contributed by atoms with E-state index in [4.69, 9.17) is 4.74 Å². The van der Waals surface area contributed by atoms with Gasteiger partial charge in [-0.15, -0.1) is 0 Å². The second kappa shape index (κ2) is 7.83. The predicted molar refractivity (Wildman–Crippen MR) is 118 cm³/mol. The summed E-state index contributed by atoms with van der Waals surface area (Å²) in [5.41, 5.74) is 9.51. The van der Waals surface area contributed by atoms with Crippen molar-refractivity contribution < 1.29 is 4.74 Å². The molecule has 0 bridgehead atoms. The molecule has 0 fully saturated rings. The van der Waals surface area contributed by atoms with E-state index in [9.17, 15) is 0 Å². The van der Waals surface area contributed by atoms with Gasteiger partial charge in [0.1, 0.15) is 5.75 Å². The SMILES string of the molecule is CCOc1ccc(-n2c(C)cc(/C=N\Nc3nc4ccccc4n3C)c2C)cc1. The number of para-hydroxylation sites is 2. The van der Waals surface area contributed by atoms with Gasteiger partial charge < -0.3 is 13.9 Å². The summed E-state index contributed by atoms with van der Waals surface area (Å²) in [6, 6.07) is 18.3. The van der Waals surface area contributed by atoms with Crippen molar-refractivity contribution in [2.75, 3.05) is 12.0 Å². The van der Waals surface area contributed by atoms with Gasteiger partial charge in [-0.3, -0.25) is 0 Å². The first-order valence-corrected chi connectivity index (χ1v) is 9.71. The summed E-state index contributed by atoms with van der Waals surface area (Å²) in [6.45, 7) is 6.85. The highest BCUT2D eigenvalue weighted by Gasteiger charge is 2.10. The number of benzene rings is 2. The minimum absolute atomic E-state index is 0.667. The quantitative estimate of drug-likeness (QED) is 0.381. The van der Waals surface area contributed by atoms with Gasteiger partial charge in [0.2, 0.25) is 5.95 Å². The zero-order chi connectivity index (χ0) is 20.4. The zero-order valence-electron chi connectivity index (χ0n) is 17.2. The number of nitrogens with one attached hydrogen (secondary N) is 1. The van der Waals surface area contributed by atoms with E-state index in [1.54, 1.807) is 0 Å². The van der Waals surface area contributed by atoms with Gasteiger partial charge in [-0.05, 0) is 63.2 Å². The summed E-state index contributed by atoms with van der Waals surface area (Å²) in [4.78, 5) is 4.58. The predicted octanol–water partition coefficient (Wildman–Crippen LogP) is 4.83. The summed E-state index contributed by atoms with van der Waals surface area (Å²) in [7, 11) is 1.98.